The number of nitrogens with two attached hydrogens (primary N) is 1. The maximum absolute atomic E-state index is 12.8. The molecule has 0 radical (unpaired) electrons. The van der Waals surface area contributed by atoms with E-state index >= 15 is 0 Å². The molecule has 4 heteroatoms. The fraction of sp³-hybridized carbons (Fsp3) is 0. The minimum Gasteiger partial charge on any atom is -0.398 e. The maximum atomic E-state index is 12.8. The van der Waals surface area contributed by atoms with Gasteiger partial charge in [-0.3, -0.25) is 0 Å². The lowest BCUT2D eigenvalue weighted by Gasteiger charge is -2.07. The minimum atomic E-state index is -0.255. The summed E-state index contributed by atoms with van der Waals surface area (Å²) < 4.78 is 12.8. The molecular formula is C13H11FN2S. The Morgan fingerprint density at radius 3 is 2.47 bits per heavy atom. The molecule has 0 aliphatic heterocycles. The largest absolute Gasteiger partial charge is 0.398 e. The van der Waals surface area contributed by atoms with E-state index in [1.807, 2.05) is 12.1 Å². The highest BCUT2D eigenvalue weighted by atomic mass is 32.2. The Morgan fingerprint density at radius 1 is 1.12 bits per heavy atom. The van der Waals surface area contributed by atoms with Crippen LogP contribution in [0.2, 0.25) is 0 Å². The summed E-state index contributed by atoms with van der Waals surface area (Å²) in [6.45, 7) is 0. The molecule has 17 heavy (non-hydrogen) atoms. The van der Waals surface area contributed by atoms with Gasteiger partial charge in [0.05, 0.1) is 0 Å². The summed E-state index contributed by atoms with van der Waals surface area (Å²) >= 11 is 1.46. The van der Waals surface area contributed by atoms with E-state index in [2.05, 4.69) is 0 Å². The summed E-state index contributed by atoms with van der Waals surface area (Å²) in [4.78, 5) is 1.81. The molecule has 2 aromatic rings. The van der Waals surface area contributed by atoms with Crippen molar-refractivity contribution in [1.82, 2.24) is 0 Å². The van der Waals surface area contributed by atoms with Crippen LogP contribution in [0.25, 0.3) is 0 Å². The molecule has 0 amide bonds. The van der Waals surface area contributed by atoms with E-state index in [1.165, 1.54) is 30.1 Å². The second-order valence-corrected chi connectivity index (χ2v) is 4.57. The molecule has 0 aromatic heterocycles. The number of halogens is 1. The van der Waals surface area contributed by atoms with E-state index in [-0.39, 0.29) is 5.82 Å². The summed E-state index contributed by atoms with van der Waals surface area (Å²) in [5.74, 6) is -0.255. The first-order valence-electron chi connectivity index (χ1n) is 5.03. The Hall–Kier alpha value is -1.81. The molecule has 0 heterocycles. The first kappa shape index (κ1) is 11.7. The Labute approximate surface area is 103 Å². The number of hydrogen-bond acceptors (Lipinski definition) is 3. The number of hydrogen-bond donors (Lipinski definition) is 2. The van der Waals surface area contributed by atoms with Crippen LogP contribution in [0.5, 0.6) is 0 Å². The molecule has 0 atom stereocenters. The molecule has 0 aliphatic rings. The molecule has 0 saturated heterocycles. The lowest BCUT2D eigenvalue weighted by atomic mass is 10.2. The lowest BCUT2D eigenvalue weighted by molar-refractivity contribution is 0.626. The van der Waals surface area contributed by atoms with Crippen molar-refractivity contribution in [2.75, 3.05) is 5.73 Å². The molecular weight excluding hydrogens is 235 g/mol. The van der Waals surface area contributed by atoms with Gasteiger partial charge in [-0.1, -0.05) is 17.8 Å². The van der Waals surface area contributed by atoms with Crippen molar-refractivity contribution in [3.8, 4) is 0 Å². The quantitative estimate of drug-likeness (QED) is 0.642. The summed E-state index contributed by atoms with van der Waals surface area (Å²) in [7, 11) is 0. The van der Waals surface area contributed by atoms with Crippen LogP contribution in [0.4, 0.5) is 10.1 Å². The van der Waals surface area contributed by atoms with Crippen LogP contribution in [0.15, 0.2) is 52.3 Å². The van der Waals surface area contributed by atoms with Crippen LogP contribution in [-0.2, 0) is 0 Å². The molecule has 0 unspecified atom stereocenters. The van der Waals surface area contributed by atoms with Gasteiger partial charge in [0.25, 0.3) is 0 Å². The molecule has 0 bridgehead atoms. The van der Waals surface area contributed by atoms with Crippen LogP contribution >= 0.6 is 11.8 Å². The van der Waals surface area contributed by atoms with Crippen molar-refractivity contribution in [2.24, 2.45) is 0 Å². The van der Waals surface area contributed by atoms with Gasteiger partial charge in [-0.15, -0.1) is 0 Å². The van der Waals surface area contributed by atoms with E-state index in [9.17, 15) is 4.39 Å². The highest BCUT2D eigenvalue weighted by Gasteiger charge is 2.05. The van der Waals surface area contributed by atoms with Crippen LogP contribution in [0.1, 0.15) is 5.56 Å². The predicted octanol–water partition coefficient (Wildman–Crippen LogP) is 3.56. The van der Waals surface area contributed by atoms with Crippen molar-refractivity contribution in [2.45, 2.75) is 9.79 Å². The molecule has 86 valence electrons. The topological polar surface area (TPSA) is 49.9 Å². The Balaban J connectivity index is 2.33. The summed E-state index contributed by atoms with van der Waals surface area (Å²) in [5.41, 5.74) is 7.06. The maximum Gasteiger partial charge on any atom is 0.123 e. The van der Waals surface area contributed by atoms with Crippen molar-refractivity contribution < 1.29 is 4.39 Å². The van der Waals surface area contributed by atoms with Gasteiger partial charge in [-0.2, -0.15) is 0 Å². The molecule has 0 saturated carbocycles. The van der Waals surface area contributed by atoms with Crippen LogP contribution < -0.4 is 5.73 Å². The van der Waals surface area contributed by atoms with E-state index in [1.54, 1.807) is 18.2 Å². The van der Waals surface area contributed by atoms with E-state index < -0.39 is 0 Å². The number of nitrogen functional groups attached to an aromatic ring is 1. The third-order valence-electron chi connectivity index (χ3n) is 2.29. The van der Waals surface area contributed by atoms with Crippen LogP contribution in [-0.4, -0.2) is 6.21 Å². The van der Waals surface area contributed by atoms with Gasteiger partial charge < -0.3 is 11.1 Å². The van der Waals surface area contributed by atoms with Gasteiger partial charge in [-0.05, 0) is 36.4 Å². The standard InChI is InChI=1S/C13H11FN2S/c14-9-4-6-10(7-5-9)17-13-3-1-2-12(16)11(13)8-15/h1-8,15H,16H2. The zero-order valence-corrected chi connectivity index (χ0v) is 9.80. The molecule has 0 spiro atoms. The van der Waals surface area contributed by atoms with Crippen molar-refractivity contribution in [1.29, 1.82) is 5.41 Å². The molecule has 2 rings (SSSR count). The lowest BCUT2D eigenvalue weighted by Crippen LogP contribution is -1.94. The third-order valence-corrected chi connectivity index (χ3v) is 3.37. The van der Waals surface area contributed by atoms with Gasteiger partial charge in [-0.25, -0.2) is 4.39 Å². The first-order chi connectivity index (χ1) is 8.20. The summed E-state index contributed by atoms with van der Waals surface area (Å²) in [6, 6.07) is 11.7. The second kappa shape index (κ2) is 5.01. The molecule has 2 aromatic carbocycles. The fourth-order valence-corrected chi connectivity index (χ4v) is 2.39. The number of rotatable bonds is 3. The van der Waals surface area contributed by atoms with E-state index in [4.69, 9.17) is 11.1 Å². The monoisotopic (exact) mass is 246 g/mol. The molecule has 2 nitrogen and oxygen atoms in total. The number of benzene rings is 2. The van der Waals surface area contributed by atoms with Gasteiger partial charge in [0.2, 0.25) is 0 Å². The summed E-state index contributed by atoms with van der Waals surface area (Å²) in [5, 5.41) is 7.35. The third kappa shape index (κ3) is 2.65. The van der Waals surface area contributed by atoms with E-state index in [0.717, 1.165) is 9.79 Å². The predicted molar refractivity (Wildman–Crippen MR) is 69.3 cm³/mol. The average Bonchev–Trinajstić information content (AvgIpc) is 2.32. The SMILES string of the molecule is N=Cc1c(N)cccc1Sc1ccc(F)cc1. The van der Waals surface area contributed by atoms with Crippen molar-refractivity contribution in [3.63, 3.8) is 0 Å². The average molecular weight is 246 g/mol. The molecule has 0 aliphatic carbocycles. The van der Waals surface area contributed by atoms with Crippen LogP contribution in [0.3, 0.4) is 0 Å². The van der Waals surface area contributed by atoms with Gasteiger partial charge in [0.15, 0.2) is 0 Å². The smallest absolute Gasteiger partial charge is 0.123 e. The minimum absolute atomic E-state index is 0.255. The highest BCUT2D eigenvalue weighted by Crippen LogP contribution is 2.31. The second-order valence-electron chi connectivity index (χ2n) is 3.46. The fourth-order valence-electron chi connectivity index (χ4n) is 1.43. The number of anilines is 1. The van der Waals surface area contributed by atoms with Gasteiger partial charge in [0, 0.05) is 27.3 Å². The summed E-state index contributed by atoms with van der Waals surface area (Å²) in [6.07, 6.45) is 1.24. The zero-order chi connectivity index (χ0) is 12.3. The Kier molecular flexibility index (Phi) is 3.44. The van der Waals surface area contributed by atoms with Gasteiger partial charge >= 0.3 is 0 Å². The van der Waals surface area contributed by atoms with E-state index in [0.29, 0.717) is 11.3 Å². The highest BCUT2D eigenvalue weighted by molar-refractivity contribution is 7.99. The van der Waals surface area contributed by atoms with Crippen molar-refractivity contribution in [3.05, 3.63) is 53.8 Å². The Bertz CT molecular complexity index is 538. The normalized spacial score (nSPS) is 10.2. The van der Waals surface area contributed by atoms with Crippen molar-refractivity contribution >= 4 is 23.7 Å². The first-order valence-corrected chi connectivity index (χ1v) is 5.85. The van der Waals surface area contributed by atoms with Gasteiger partial charge in [0.1, 0.15) is 5.82 Å². The molecule has 0 fully saturated rings. The van der Waals surface area contributed by atoms with Crippen LogP contribution in [0, 0.1) is 11.2 Å². The Morgan fingerprint density at radius 2 is 1.82 bits per heavy atom. The zero-order valence-electron chi connectivity index (χ0n) is 8.98. The molecule has 3 N–H and O–H groups in total. The number of nitrogens with one attached hydrogen (secondary N) is 1.